The van der Waals surface area contributed by atoms with E-state index in [4.69, 9.17) is 5.10 Å². The van der Waals surface area contributed by atoms with Gasteiger partial charge in [0.05, 0.1) is 11.4 Å². The normalized spacial score (nSPS) is 11.4. The Morgan fingerprint density at radius 3 is 2.35 bits per heavy atom. The van der Waals surface area contributed by atoms with Crippen LogP contribution in [0.2, 0.25) is 0 Å². The topological polar surface area (TPSA) is 79.3 Å². The number of aromatic nitrogens is 2. The first kappa shape index (κ1) is 25.0. The average molecular weight is 462 g/mol. The van der Waals surface area contributed by atoms with E-state index in [1.165, 1.54) is 4.90 Å². The van der Waals surface area contributed by atoms with Crippen LogP contribution in [0.3, 0.4) is 0 Å². The van der Waals surface area contributed by atoms with Gasteiger partial charge in [0.15, 0.2) is 0 Å². The Labute approximate surface area is 202 Å². The van der Waals surface area contributed by atoms with Crippen LogP contribution in [0.1, 0.15) is 51.4 Å². The number of urea groups is 1. The highest BCUT2D eigenvalue weighted by Crippen LogP contribution is 2.26. The smallest absolute Gasteiger partial charge is 0.318 e. The molecule has 0 radical (unpaired) electrons. The Kier molecular flexibility index (Phi) is 7.76. The fourth-order valence-electron chi connectivity index (χ4n) is 3.49. The third-order valence-electron chi connectivity index (χ3n) is 5.48. The first-order chi connectivity index (χ1) is 16.0. The minimum absolute atomic E-state index is 0.0673. The summed E-state index contributed by atoms with van der Waals surface area (Å²) in [5, 5.41) is 10.6. The van der Waals surface area contributed by atoms with Gasteiger partial charge in [-0.25, -0.2) is 9.48 Å². The second-order valence-electron chi connectivity index (χ2n) is 9.83. The van der Waals surface area contributed by atoms with E-state index in [1.807, 2.05) is 81.4 Å². The summed E-state index contributed by atoms with van der Waals surface area (Å²) in [5.41, 5.74) is 3.65. The number of nitrogens with one attached hydrogen (secondary N) is 2. The number of hydrogen-bond acceptors (Lipinski definition) is 3. The lowest BCUT2D eigenvalue weighted by Gasteiger charge is -2.26. The summed E-state index contributed by atoms with van der Waals surface area (Å²) in [6.45, 7) is 12.4. The second kappa shape index (κ2) is 10.5. The Morgan fingerprint density at radius 2 is 1.74 bits per heavy atom. The summed E-state index contributed by atoms with van der Waals surface area (Å²) < 4.78 is 1.75. The van der Waals surface area contributed by atoms with Crippen LogP contribution in [0.4, 0.5) is 10.6 Å². The number of aryl methyl sites for hydroxylation is 1. The maximum absolute atomic E-state index is 13.0. The molecule has 1 heterocycles. The molecule has 0 spiro atoms. The zero-order chi connectivity index (χ0) is 24.9. The molecule has 0 saturated heterocycles. The molecule has 180 valence electrons. The van der Waals surface area contributed by atoms with Crippen molar-refractivity contribution >= 4 is 17.8 Å². The molecule has 0 aliphatic carbocycles. The number of nitrogens with zero attached hydrogens (tertiary/aromatic N) is 3. The van der Waals surface area contributed by atoms with Gasteiger partial charge in [0.1, 0.15) is 12.4 Å². The molecule has 2 N–H and O–H groups in total. The molecule has 2 aromatic carbocycles. The predicted molar refractivity (Wildman–Crippen MR) is 136 cm³/mol. The van der Waals surface area contributed by atoms with Crippen LogP contribution >= 0.6 is 0 Å². The monoisotopic (exact) mass is 461 g/mol. The number of carbonyl (C=O) groups is 2. The van der Waals surface area contributed by atoms with Gasteiger partial charge in [-0.15, -0.1) is 0 Å². The molecule has 3 rings (SSSR count). The molecule has 7 nitrogen and oxygen atoms in total. The molecule has 0 saturated carbocycles. The van der Waals surface area contributed by atoms with Gasteiger partial charge in [-0.05, 0) is 44.0 Å². The Bertz CT molecular complexity index is 1130. The summed E-state index contributed by atoms with van der Waals surface area (Å²) in [4.78, 5) is 27.4. The van der Waals surface area contributed by atoms with Crippen molar-refractivity contribution in [3.63, 3.8) is 0 Å². The highest BCUT2D eigenvalue weighted by Gasteiger charge is 2.24. The largest absolute Gasteiger partial charge is 0.334 e. The fraction of sp³-hybridized carbons (Fsp3) is 0.370. The zero-order valence-corrected chi connectivity index (χ0v) is 20.9. The van der Waals surface area contributed by atoms with Crippen molar-refractivity contribution in [3.05, 3.63) is 77.5 Å². The molecule has 7 heteroatoms. The van der Waals surface area contributed by atoms with E-state index in [0.717, 1.165) is 22.5 Å². The van der Waals surface area contributed by atoms with Crippen molar-refractivity contribution in [3.8, 4) is 5.69 Å². The minimum Gasteiger partial charge on any atom is -0.334 e. The SMILES string of the molecule is Cc1cccc(-n2nc(C(C)(C)C)cc2NC(=O)CN(C(=O)NCc2ccccc2)C(C)C)c1. The number of carbonyl (C=O) groups excluding carboxylic acids is 2. The van der Waals surface area contributed by atoms with Gasteiger partial charge < -0.3 is 15.5 Å². The molecule has 3 amide bonds. The molecule has 34 heavy (non-hydrogen) atoms. The molecule has 0 unspecified atom stereocenters. The van der Waals surface area contributed by atoms with Crippen LogP contribution in [0.15, 0.2) is 60.7 Å². The van der Waals surface area contributed by atoms with Crippen molar-refractivity contribution < 1.29 is 9.59 Å². The summed E-state index contributed by atoms with van der Waals surface area (Å²) in [7, 11) is 0. The summed E-state index contributed by atoms with van der Waals surface area (Å²) in [6, 6.07) is 19.1. The molecule has 0 fully saturated rings. The maximum Gasteiger partial charge on any atom is 0.318 e. The Morgan fingerprint density at radius 1 is 1.03 bits per heavy atom. The first-order valence-corrected chi connectivity index (χ1v) is 11.6. The van der Waals surface area contributed by atoms with E-state index < -0.39 is 0 Å². The van der Waals surface area contributed by atoms with E-state index in [1.54, 1.807) is 4.68 Å². The highest BCUT2D eigenvalue weighted by molar-refractivity contribution is 5.94. The van der Waals surface area contributed by atoms with Crippen LogP contribution in [-0.2, 0) is 16.8 Å². The van der Waals surface area contributed by atoms with Crippen molar-refractivity contribution in [1.29, 1.82) is 0 Å². The van der Waals surface area contributed by atoms with Crippen molar-refractivity contribution in [2.45, 2.75) is 59.5 Å². The lowest BCUT2D eigenvalue weighted by Crippen LogP contribution is -2.47. The molecular formula is C27H35N5O2. The number of rotatable bonds is 7. The molecule has 0 atom stereocenters. The van der Waals surface area contributed by atoms with Crippen LogP contribution < -0.4 is 10.6 Å². The van der Waals surface area contributed by atoms with Crippen molar-refractivity contribution in [2.75, 3.05) is 11.9 Å². The molecule has 0 bridgehead atoms. The van der Waals surface area contributed by atoms with Crippen LogP contribution in [0, 0.1) is 6.92 Å². The van der Waals surface area contributed by atoms with E-state index >= 15 is 0 Å². The third kappa shape index (κ3) is 6.47. The van der Waals surface area contributed by atoms with Gasteiger partial charge in [-0.1, -0.05) is 63.2 Å². The van der Waals surface area contributed by atoms with Crippen molar-refractivity contribution in [2.24, 2.45) is 0 Å². The minimum atomic E-state index is -0.281. The Balaban J connectivity index is 1.76. The van der Waals surface area contributed by atoms with E-state index in [9.17, 15) is 9.59 Å². The average Bonchev–Trinajstić information content (AvgIpc) is 3.20. The third-order valence-corrected chi connectivity index (χ3v) is 5.48. The van der Waals surface area contributed by atoms with Crippen LogP contribution in [0.25, 0.3) is 5.69 Å². The van der Waals surface area contributed by atoms with E-state index in [0.29, 0.717) is 12.4 Å². The number of anilines is 1. The lowest BCUT2D eigenvalue weighted by molar-refractivity contribution is -0.117. The highest BCUT2D eigenvalue weighted by atomic mass is 16.2. The lowest BCUT2D eigenvalue weighted by atomic mass is 9.92. The Hall–Kier alpha value is -3.61. The number of hydrogen-bond donors (Lipinski definition) is 2. The second-order valence-corrected chi connectivity index (χ2v) is 9.83. The van der Waals surface area contributed by atoms with E-state index in [-0.39, 0.29) is 29.9 Å². The van der Waals surface area contributed by atoms with Crippen LogP contribution in [0.5, 0.6) is 0 Å². The maximum atomic E-state index is 13.0. The summed E-state index contributed by atoms with van der Waals surface area (Å²) >= 11 is 0. The van der Waals surface area contributed by atoms with Crippen molar-refractivity contribution in [1.82, 2.24) is 20.0 Å². The summed E-state index contributed by atoms with van der Waals surface area (Å²) in [5.74, 6) is 0.298. The van der Waals surface area contributed by atoms with Gasteiger partial charge >= 0.3 is 6.03 Å². The quantitative estimate of drug-likeness (QED) is 0.518. The first-order valence-electron chi connectivity index (χ1n) is 11.6. The fourth-order valence-corrected chi connectivity index (χ4v) is 3.49. The molecular weight excluding hydrogens is 426 g/mol. The van der Waals surface area contributed by atoms with Gasteiger partial charge in [0.2, 0.25) is 5.91 Å². The van der Waals surface area contributed by atoms with Gasteiger partial charge in [0.25, 0.3) is 0 Å². The predicted octanol–water partition coefficient (Wildman–Crippen LogP) is 5.04. The zero-order valence-electron chi connectivity index (χ0n) is 20.9. The van der Waals surface area contributed by atoms with Gasteiger partial charge in [-0.2, -0.15) is 5.10 Å². The molecule has 0 aliphatic heterocycles. The molecule has 0 aliphatic rings. The summed E-state index contributed by atoms with van der Waals surface area (Å²) in [6.07, 6.45) is 0. The molecule has 1 aromatic heterocycles. The standard InChI is InChI=1S/C27H35N5O2/c1-19(2)31(26(34)28-17-21-12-8-7-9-13-21)18-25(33)29-24-16-23(27(4,5)6)30-32(24)22-14-10-11-20(3)15-22/h7-16,19H,17-18H2,1-6H3,(H,28,34)(H,29,33). The number of amides is 3. The number of benzene rings is 2. The van der Waals surface area contributed by atoms with Gasteiger partial charge in [-0.3, -0.25) is 4.79 Å². The molecule has 3 aromatic rings. The van der Waals surface area contributed by atoms with E-state index in [2.05, 4.69) is 31.4 Å². The van der Waals surface area contributed by atoms with Gasteiger partial charge in [0, 0.05) is 24.1 Å². The van der Waals surface area contributed by atoms with Crippen LogP contribution in [-0.4, -0.2) is 39.2 Å².